The van der Waals surface area contributed by atoms with Gasteiger partial charge in [-0.1, -0.05) is 20.8 Å². The van der Waals surface area contributed by atoms with Gasteiger partial charge in [0.25, 0.3) is 0 Å². The van der Waals surface area contributed by atoms with E-state index in [4.69, 9.17) is 9.16 Å². The second-order valence-corrected chi connectivity index (χ2v) is 17.9. The van der Waals surface area contributed by atoms with Crippen molar-refractivity contribution >= 4 is 37.9 Å². The summed E-state index contributed by atoms with van der Waals surface area (Å²) in [6.07, 6.45) is 0.881. The first-order valence-electron chi connectivity index (χ1n) is 10.3. The van der Waals surface area contributed by atoms with Crippen LogP contribution in [0.15, 0.2) is 0 Å². The summed E-state index contributed by atoms with van der Waals surface area (Å²) in [5.41, 5.74) is -0.556. The molecule has 2 heterocycles. The summed E-state index contributed by atoms with van der Waals surface area (Å²) in [5, 5.41) is 11.2. The van der Waals surface area contributed by atoms with Crippen LogP contribution < -0.4 is 0 Å². The molecule has 0 aliphatic carbocycles. The Morgan fingerprint density at radius 1 is 1.14 bits per heavy atom. The van der Waals surface area contributed by atoms with Gasteiger partial charge in [0, 0.05) is 6.54 Å². The molecule has 28 heavy (non-hydrogen) atoms. The predicted octanol–water partition coefficient (Wildman–Crippen LogP) is 4.94. The van der Waals surface area contributed by atoms with Crippen molar-refractivity contribution in [3.05, 3.63) is 0 Å². The van der Waals surface area contributed by atoms with E-state index >= 15 is 0 Å². The third-order valence-electron chi connectivity index (χ3n) is 5.73. The molecule has 0 aromatic heterocycles. The van der Waals surface area contributed by atoms with Crippen LogP contribution in [-0.4, -0.2) is 70.9 Å². The Morgan fingerprint density at radius 3 is 2.21 bits per heavy atom. The van der Waals surface area contributed by atoms with Crippen molar-refractivity contribution in [2.75, 3.05) is 18.1 Å². The zero-order valence-corrected chi connectivity index (χ0v) is 21.4. The first-order valence-corrected chi connectivity index (χ1v) is 15.3. The second kappa shape index (κ2) is 9.08. The number of thioether (sulfide) groups is 2. The van der Waals surface area contributed by atoms with Gasteiger partial charge in [0.2, 0.25) is 0 Å². The van der Waals surface area contributed by atoms with Crippen molar-refractivity contribution in [2.24, 2.45) is 0 Å². The van der Waals surface area contributed by atoms with Crippen LogP contribution in [0.3, 0.4) is 0 Å². The van der Waals surface area contributed by atoms with Crippen molar-refractivity contribution in [1.82, 2.24) is 4.90 Å². The monoisotopic (exact) mass is 449 g/mol. The minimum Gasteiger partial charge on any atom is -0.444 e. The van der Waals surface area contributed by atoms with E-state index in [1.807, 2.05) is 20.8 Å². The van der Waals surface area contributed by atoms with E-state index in [2.05, 4.69) is 33.9 Å². The Hall–Kier alpha value is 0.107. The van der Waals surface area contributed by atoms with Crippen molar-refractivity contribution in [1.29, 1.82) is 0 Å². The van der Waals surface area contributed by atoms with Gasteiger partial charge in [-0.25, -0.2) is 4.79 Å². The van der Waals surface area contributed by atoms with E-state index in [-0.39, 0.29) is 27.9 Å². The van der Waals surface area contributed by atoms with Gasteiger partial charge in [-0.15, -0.1) is 23.5 Å². The normalized spacial score (nSPS) is 26.4. The summed E-state index contributed by atoms with van der Waals surface area (Å²) >= 11 is 3.61. The first kappa shape index (κ1) is 24.4. The van der Waals surface area contributed by atoms with E-state index in [1.165, 1.54) is 6.42 Å². The van der Waals surface area contributed by atoms with Gasteiger partial charge in [-0.05, 0) is 63.3 Å². The fourth-order valence-electron chi connectivity index (χ4n) is 3.24. The highest BCUT2D eigenvalue weighted by Crippen LogP contribution is 2.41. The Kier molecular flexibility index (Phi) is 7.91. The molecule has 3 atom stereocenters. The highest BCUT2D eigenvalue weighted by atomic mass is 32.2. The lowest BCUT2D eigenvalue weighted by Gasteiger charge is -2.38. The van der Waals surface area contributed by atoms with Crippen LogP contribution in [0.5, 0.6) is 0 Å². The minimum atomic E-state index is -1.96. The fraction of sp³-hybridized carbons (Fsp3) is 0.950. The molecule has 1 amide bonds. The maximum atomic E-state index is 12.9. The number of hydrogen-bond acceptors (Lipinski definition) is 6. The molecule has 0 bridgehead atoms. The van der Waals surface area contributed by atoms with Crippen LogP contribution in [0.4, 0.5) is 4.79 Å². The molecular formula is C20H39NO4S2Si. The molecule has 0 spiro atoms. The van der Waals surface area contributed by atoms with Gasteiger partial charge in [0.1, 0.15) is 5.60 Å². The summed E-state index contributed by atoms with van der Waals surface area (Å²) in [6, 6.07) is -0.257. The number of ether oxygens (including phenoxy) is 1. The molecule has 2 saturated heterocycles. The number of aliphatic hydroxyl groups is 1. The molecule has 164 valence electrons. The van der Waals surface area contributed by atoms with Crippen LogP contribution in [0.25, 0.3) is 0 Å². The van der Waals surface area contributed by atoms with Gasteiger partial charge in [-0.2, -0.15) is 0 Å². The van der Waals surface area contributed by atoms with Crippen molar-refractivity contribution in [2.45, 2.75) is 101 Å². The Labute approximate surface area is 180 Å². The highest BCUT2D eigenvalue weighted by molar-refractivity contribution is 8.17. The van der Waals surface area contributed by atoms with E-state index in [0.29, 0.717) is 13.0 Å². The van der Waals surface area contributed by atoms with E-state index in [9.17, 15) is 9.90 Å². The molecule has 5 nitrogen and oxygen atoms in total. The average Bonchev–Trinajstić information content (AvgIpc) is 2.95. The Bertz CT molecular complexity index is 541. The SMILES string of the molecule is CC(C)(C)OC(=O)N1C[C@H](O[Si](C)(C)C(C)(C)C)C[C@H]1[C@H](O)C1SCCCS1. The zero-order chi connectivity index (χ0) is 21.3. The molecule has 0 radical (unpaired) electrons. The topological polar surface area (TPSA) is 59.0 Å². The molecule has 8 heteroatoms. The number of nitrogens with zero attached hydrogens (tertiary/aromatic N) is 1. The fourth-order valence-corrected chi connectivity index (χ4v) is 7.59. The van der Waals surface area contributed by atoms with Crippen LogP contribution in [0.1, 0.15) is 54.4 Å². The van der Waals surface area contributed by atoms with Gasteiger partial charge in [0.05, 0.1) is 22.8 Å². The molecule has 2 aliphatic rings. The summed E-state index contributed by atoms with van der Waals surface area (Å²) in [6.45, 7) is 17.3. The first-order chi connectivity index (χ1) is 12.7. The maximum Gasteiger partial charge on any atom is 0.410 e. The molecule has 0 unspecified atom stereocenters. The van der Waals surface area contributed by atoms with Gasteiger partial charge in [0.15, 0.2) is 8.32 Å². The minimum absolute atomic E-state index is 0.0494. The van der Waals surface area contributed by atoms with Crippen molar-refractivity contribution in [3.8, 4) is 0 Å². The lowest BCUT2D eigenvalue weighted by Crippen LogP contribution is -2.48. The lowest BCUT2D eigenvalue weighted by molar-refractivity contribution is 0.00711. The molecule has 0 saturated carbocycles. The molecule has 2 fully saturated rings. The predicted molar refractivity (Wildman–Crippen MR) is 123 cm³/mol. The maximum absolute atomic E-state index is 12.9. The van der Waals surface area contributed by atoms with Crippen LogP contribution in [0, 0.1) is 0 Å². The second-order valence-electron chi connectivity index (χ2n) is 10.4. The standard InChI is InChI=1S/C20H39NO4S2Si/c1-19(2,3)24-18(23)21-13-14(25-28(7,8)20(4,5)6)12-15(21)16(22)17-26-10-9-11-27-17/h14-17,22H,9-13H2,1-8H3/t14-,15+,16+/m1/s1. The molecule has 2 aliphatic heterocycles. The van der Waals surface area contributed by atoms with E-state index in [1.54, 1.807) is 28.4 Å². The van der Waals surface area contributed by atoms with Gasteiger partial charge in [-0.3, -0.25) is 4.90 Å². The molecule has 0 aromatic carbocycles. The number of hydrogen-bond donors (Lipinski definition) is 1. The Balaban J connectivity index is 2.17. The smallest absolute Gasteiger partial charge is 0.410 e. The largest absolute Gasteiger partial charge is 0.444 e. The summed E-state index contributed by atoms with van der Waals surface area (Å²) in [4.78, 5) is 14.6. The van der Waals surface area contributed by atoms with Gasteiger partial charge < -0.3 is 14.3 Å². The molecule has 1 N–H and O–H groups in total. The zero-order valence-electron chi connectivity index (χ0n) is 18.8. The van der Waals surface area contributed by atoms with E-state index in [0.717, 1.165) is 11.5 Å². The quantitative estimate of drug-likeness (QED) is 0.613. The highest BCUT2D eigenvalue weighted by Gasteiger charge is 2.47. The summed E-state index contributed by atoms with van der Waals surface area (Å²) in [7, 11) is -1.96. The van der Waals surface area contributed by atoms with Gasteiger partial charge >= 0.3 is 6.09 Å². The number of carbonyl (C=O) groups excluding carboxylic acids is 1. The van der Waals surface area contributed by atoms with Crippen LogP contribution in [-0.2, 0) is 9.16 Å². The molecule has 2 rings (SSSR count). The lowest BCUT2D eigenvalue weighted by atomic mass is 10.1. The average molecular weight is 450 g/mol. The summed E-state index contributed by atoms with van der Waals surface area (Å²) < 4.78 is 12.4. The van der Waals surface area contributed by atoms with E-state index < -0.39 is 20.0 Å². The molecular weight excluding hydrogens is 410 g/mol. The van der Waals surface area contributed by atoms with Crippen LogP contribution >= 0.6 is 23.5 Å². The molecule has 0 aromatic rings. The van der Waals surface area contributed by atoms with Crippen molar-refractivity contribution in [3.63, 3.8) is 0 Å². The third kappa shape index (κ3) is 6.30. The number of carbonyl (C=O) groups is 1. The van der Waals surface area contributed by atoms with Crippen molar-refractivity contribution < 1.29 is 19.1 Å². The van der Waals surface area contributed by atoms with Crippen LogP contribution in [0.2, 0.25) is 18.1 Å². The number of amides is 1. The number of likely N-dealkylation sites (tertiary alicyclic amines) is 1. The number of rotatable bonds is 4. The number of aliphatic hydroxyl groups excluding tert-OH is 1. The third-order valence-corrected chi connectivity index (χ3v) is 13.3. The Morgan fingerprint density at radius 2 is 1.71 bits per heavy atom. The summed E-state index contributed by atoms with van der Waals surface area (Å²) in [5.74, 6) is 2.13.